The van der Waals surface area contributed by atoms with Crippen LogP contribution >= 0.6 is 0 Å². The summed E-state index contributed by atoms with van der Waals surface area (Å²) in [6.45, 7) is 3.67. The molecule has 1 aliphatic heterocycles. The van der Waals surface area contributed by atoms with E-state index in [2.05, 4.69) is 26.5 Å². The van der Waals surface area contributed by atoms with Gasteiger partial charge in [-0.05, 0) is 69.6 Å². The largest absolute Gasteiger partial charge is 0.459 e. The van der Waals surface area contributed by atoms with Gasteiger partial charge in [-0.3, -0.25) is 14.6 Å². The molecular formula is C29H31FN4O4S. The normalized spacial score (nSPS) is 16.9. The van der Waals surface area contributed by atoms with Crippen LogP contribution in [0.2, 0.25) is 0 Å². The number of likely N-dealkylation sites (tertiary alicyclic amines) is 1. The fraction of sp³-hybridized carbons (Fsp3) is 0.345. The van der Waals surface area contributed by atoms with Crippen LogP contribution in [-0.4, -0.2) is 63.7 Å². The van der Waals surface area contributed by atoms with Crippen LogP contribution in [0.5, 0.6) is 0 Å². The van der Waals surface area contributed by atoms with E-state index in [0.717, 1.165) is 18.5 Å². The minimum Gasteiger partial charge on any atom is -0.459 e. The third-order valence-electron chi connectivity index (χ3n) is 6.25. The molecule has 0 aliphatic carbocycles. The Morgan fingerprint density at radius 1 is 1.23 bits per heavy atom. The van der Waals surface area contributed by atoms with Gasteiger partial charge in [0.05, 0.1) is 21.6 Å². The Hall–Kier alpha value is -3.81. The number of pyridine rings is 1. The lowest BCUT2D eigenvalue weighted by Crippen LogP contribution is -2.37. The van der Waals surface area contributed by atoms with Crippen molar-refractivity contribution in [2.45, 2.75) is 32.4 Å². The van der Waals surface area contributed by atoms with E-state index in [1.54, 1.807) is 43.3 Å². The standard InChI is InChI=1S/C29H31FN4O4S/c1-21-11-14-38-27(21)29(36)32-26-8-3-6-22(17-26)9-10-23-16-24(19-31-18-23)28(35)33-39(2,37)15-5-13-34-12-4-7-25(30)20-34/h3,6,8,11,14,16-19,25H,4-5,7,12-13,15,20H2,1-2H3,(H,32,36)/t25?,39-/m1/s1. The van der Waals surface area contributed by atoms with Gasteiger partial charge in [-0.25, -0.2) is 8.60 Å². The van der Waals surface area contributed by atoms with Crippen molar-refractivity contribution in [2.24, 2.45) is 4.36 Å². The molecular weight excluding hydrogens is 519 g/mol. The summed E-state index contributed by atoms with van der Waals surface area (Å²) in [4.78, 5) is 31.2. The van der Waals surface area contributed by atoms with Gasteiger partial charge in [-0.1, -0.05) is 17.9 Å². The zero-order valence-electron chi connectivity index (χ0n) is 22.0. The van der Waals surface area contributed by atoms with Crippen molar-refractivity contribution in [3.63, 3.8) is 0 Å². The number of alkyl halides is 1. The number of aryl methyl sites for hydroxylation is 1. The maximum Gasteiger partial charge on any atom is 0.291 e. The summed E-state index contributed by atoms with van der Waals surface area (Å²) < 4.78 is 35.7. The Labute approximate surface area is 228 Å². The van der Waals surface area contributed by atoms with E-state index >= 15 is 0 Å². The molecule has 1 fully saturated rings. The van der Waals surface area contributed by atoms with Crippen molar-refractivity contribution in [2.75, 3.05) is 37.0 Å². The molecule has 204 valence electrons. The number of hydrogen-bond donors (Lipinski definition) is 1. The summed E-state index contributed by atoms with van der Waals surface area (Å²) in [7, 11) is -2.75. The van der Waals surface area contributed by atoms with Gasteiger partial charge in [0.2, 0.25) is 0 Å². The molecule has 10 heteroatoms. The number of anilines is 1. The second-order valence-electron chi connectivity index (χ2n) is 9.63. The van der Waals surface area contributed by atoms with E-state index in [1.165, 1.54) is 24.9 Å². The molecule has 8 nitrogen and oxygen atoms in total. The molecule has 1 saturated heterocycles. The van der Waals surface area contributed by atoms with Crippen molar-refractivity contribution < 1.29 is 22.6 Å². The maximum atomic E-state index is 13.6. The number of halogens is 1. The van der Waals surface area contributed by atoms with Crippen molar-refractivity contribution in [1.29, 1.82) is 0 Å². The van der Waals surface area contributed by atoms with Crippen LogP contribution in [0.4, 0.5) is 10.1 Å². The number of hydrogen-bond acceptors (Lipinski definition) is 6. The quantitative estimate of drug-likeness (QED) is 0.428. The van der Waals surface area contributed by atoms with Gasteiger partial charge in [0.25, 0.3) is 11.8 Å². The van der Waals surface area contributed by atoms with Crippen LogP contribution in [-0.2, 0) is 9.73 Å². The smallest absolute Gasteiger partial charge is 0.291 e. The first-order valence-electron chi connectivity index (χ1n) is 12.7. The number of benzene rings is 1. The third kappa shape index (κ3) is 8.34. The molecule has 2 atom stereocenters. The zero-order valence-corrected chi connectivity index (χ0v) is 22.8. The van der Waals surface area contributed by atoms with Crippen LogP contribution < -0.4 is 5.32 Å². The number of nitrogens with zero attached hydrogens (tertiary/aromatic N) is 3. The number of carbonyl (C=O) groups excluding carboxylic acids is 2. The van der Waals surface area contributed by atoms with Crippen LogP contribution in [0.3, 0.4) is 0 Å². The van der Waals surface area contributed by atoms with Crippen LogP contribution in [0.15, 0.2) is 63.8 Å². The fourth-order valence-corrected chi connectivity index (χ4v) is 5.48. The molecule has 0 bridgehead atoms. The zero-order chi connectivity index (χ0) is 27.8. The number of piperidine rings is 1. The summed E-state index contributed by atoms with van der Waals surface area (Å²) in [6.07, 6.45) is 7.01. The van der Waals surface area contributed by atoms with Crippen molar-refractivity contribution in [3.05, 3.63) is 83.1 Å². The average Bonchev–Trinajstić information content (AvgIpc) is 3.33. The maximum absolute atomic E-state index is 13.6. The van der Waals surface area contributed by atoms with E-state index in [0.29, 0.717) is 42.7 Å². The summed E-state index contributed by atoms with van der Waals surface area (Å²) in [5.74, 6) is 5.51. The van der Waals surface area contributed by atoms with Gasteiger partial charge < -0.3 is 14.6 Å². The Morgan fingerprint density at radius 2 is 2.05 bits per heavy atom. The van der Waals surface area contributed by atoms with E-state index in [-0.39, 0.29) is 23.0 Å². The Bertz CT molecular complexity index is 1530. The third-order valence-corrected chi connectivity index (χ3v) is 7.84. The molecule has 39 heavy (non-hydrogen) atoms. The highest BCUT2D eigenvalue weighted by Crippen LogP contribution is 2.16. The molecule has 1 unspecified atom stereocenters. The molecule has 0 spiro atoms. The first-order valence-corrected chi connectivity index (χ1v) is 14.8. The van der Waals surface area contributed by atoms with Crippen molar-refractivity contribution >= 4 is 27.2 Å². The molecule has 1 N–H and O–H groups in total. The van der Waals surface area contributed by atoms with Crippen molar-refractivity contribution in [1.82, 2.24) is 9.88 Å². The lowest BCUT2D eigenvalue weighted by atomic mass is 10.1. The van der Waals surface area contributed by atoms with E-state index in [1.807, 2.05) is 4.90 Å². The predicted octanol–water partition coefficient (Wildman–Crippen LogP) is 4.70. The number of furan rings is 1. The Balaban J connectivity index is 1.38. The van der Waals surface area contributed by atoms with E-state index in [4.69, 9.17) is 4.42 Å². The van der Waals surface area contributed by atoms with Gasteiger partial charge >= 0.3 is 0 Å². The van der Waals surface area contributed by atoms with Gasteiger partial charge in [-0.2, -0.15) is 4.36 Å². The summed E-state index contributed by atoms with van der Waals surface area (Å²) in [5.41, 5.74) is 2.64. The number of amides is 2. The van der Waals surface area contributed by atoms with Gasteiger partial charge in [0, 0.05) is 53.3 Å². The fourth-order valence-electron chi connectivity index (χ4n) is 4.27. The molecule has 2 amide bonds. The second-order valence-corrected chi connectivity index (χ2v) is 12.1. The highest BCUT2D eigenvalue weighted by atomic mass is 32.2. The Kier molecular flexibility index (Phi) is 9.28. The first kappa shape index (κ1) is 28.2. The molecule has 4 rings (SSSR count). The van der Waals surface area contributed by atoms with Gasteiger partial charge in [0.15, 0.2) is 5.76 Å². The Morgan fingerprint density at radius 3 is 2.82 bits per heavy atom. The molecule has 2 aromatic heterocycles. The second kappa shape index (κ2) is 12.8. The molecule has 1 aromatic carbocycles. The van der Waals surface area contributed by atoms with Crippen LogP contribution in [0, 0.1) is 18.8 Å². The highest BCUT2D eigenvalue weighted by molar-refractivity contribution is 7.93. The highest BCUT2D eigenvalue weighted by Gasteiger charge is 2.19. The van der Waals surface area contributed by atoms with Gasteiger partial charge in [-0.15, -0.1) is 0 Å². The first-order chi connectivity index (χ1) is 18.7. The summed E-state index contributed by atoms with van der Waals surface area (Å²) in [6, 6.07) is 10.3. The number of carbonyl (C=O) groups is 2. The number of rotatable bonds is 7. The predicted molar refractivity (Wildman–Crippen MR) is 149 cm³/mol. The van der Waals surface area contributed by atoms with Crippen LogP contribution in [0.1, 0.15) is 56.9 Å². The molecule has 0 radical (unpaired) electrons. The van der Waals surface area contributed by atoms with Crippen LogP contribution in [0.25, 0.3) is 0 Å². The topological polar surface area (TPSA) is 105 Å². The summed E-state index contributed by atoms with van der Waals surface area (Å²) >= 11 is 0. The van der Waals surface area contributed by atoms with E-state index < -0.39 is 21.8 Å². The van der Waals surface area contributed by atoms with Crippen molar-refractivity contribution in [3.8, 4) is 11.8 Å². The van der Waals surface area contributed by atoms with Gasteiger partial charge in [0.1, 0.15) is 6.17 Å². The molecule has 3 heterocycles. The SMILES string of the molecule is Cc1ccoc1C(=O)Nc1cccc(C#Cc2cncc(C(=O)N=[S@](C)(=O)CCCN3CCCC(F)C3)c2)c1. The minimum atomic E-state index is -2.75. The number of nitrogens with one attached hydrogen (secondary N) is 1. The lowest BCUT2D eigenvalue weighted by molar-refractivity contribution is 0.0991. The average molecular weight is 551 g/mol. The van der Waals surface area contributed by atoms with E-state index in [9.17, 15) is 18.2 Å². The molecule has 3 aromatic rings. The lowest BCUT2D eigenvalue weighted by Gasteiger charge is -2.28. The molecule has 0 saturated carbocycles. The monoisotopic (exact) mass is 550 g/mol. The number of aromatic nitrogens is 1. The summed E-state index contributed by atoms with van der Waals surface area (Å²) in [5, 5.41) is 2.79. The minimum absolute atomic E-state index is 0.197. The molecule has 1 aliphatic rings.